The standard InChI is InChI=1S/C30H43N5O5/c1-4-35-22(17-20-9-10-21(26(31)32)18-24(20)35)11-14-29(12-7-15-33-29)28(38)30(13-8-16-34-30)23(27(37)40-6-3)19-25(36)39-5-2/h9-10,17-18,23,33-34H,4-8,11-16,19H2,1-3H3,(H3,31,32). The van der Waals surface area contributed by atoms with Gasteiger partial charge in [0.1, 0.15) is 5.84 Å². The monoisotopic (exact) mass is 553 g/mol. The number of Topliss-reactive ketones (excluding diaryl/α,β-unsaturated/α-hetero) is 1. The second-order valence-electron chi connectivity index (χ2n) is 10.8. The maximum Gasteiger partial charge on any atom is 0.311 e. The van der Waals surface area contributed by atoms with E-state index in [0.717, 1.165) is 36.0 Å². The first-order valence-electron chi connectivity index (χ1n) is 14.5. The number of carbonyl (C=O) groups excluding carboxylic acids is 3. The van der Waals surface area contributed by atoms with Crippen molar-refractivity contribution >= 4 is 34.5 Å². The number of carbonyl (C=O) groups is 3. The van der Waals surface area contributed by atoms with E-state index < -0.39 is 28.9 Å². The van der Waals surface area contributed by atoms with Crippen molar-refractivity contribution in [1.29, 1.82) is 5.41 Å². The van der Waals surface area contributed by atoms with Gasteiger partial charge < -0.3 is 30.4 Å². The summed E-state index contributed by atoms with van der Waals surface area (Å²) in [5.74, 6) is -2.05. The molecule has 5 N–H and O–H groups in total. The Hall–Kier alpha value is -3.24. The predicted octanol–water partition coefficient (Wildman–Crippen LogP) is 2.82. The highest BCUT2D eigenvalue weighted by Gasteiger charge is 2.58. The van der Waals surface area contributed by atoms with Crippen LogP contribution in [0.4, 0.5) is 0 Å². The summed E-state index contributed by atoms with van der Waals surface area (Å²) in [6.45, 7) is 7.93. The van der Waals surface area contributed by atoms with Gasteiger partial charge in [0.25, 0.3) is 0 Å². The minimum Gasteiger partial charge on any atom is -0.466 e. The minimum atomic E-state index is -1.20. The maximum atomic E-state index is 14.7. The summed E-state index contributed by atoms with van der Waals surface area (Å²) >= 11 is 0. The predicted molar refractivity (Wildman–Crippen MR) is 153 cm³/mol. The van der Waals surface area contributed by atoms with Gasteiger partial charge in [0.05, 0.1) is 36.6 Å². The number of aryl methyl sites for hydroxylation is 2. The highest BCUT2D eigenvalue weighted by atomic mass is 16.5. The van der Waals surface area contributed by atoms with Crippen LogP contribution in [-0.4, -0.2) is 65.5 Å². The van der Waals surface area contributed by atoms with Crippen molar-refractivity contribution < 1.29 is 23.9 Å². The van der Waals surface area contributed by atoms with Crippen LogP contribution in [0.1, 0.15) is 70.6 Å². The summed E-state index contributed by atoms with van der Waals surface area (Å²) < 4.78 is 12.8. The molecule has 10 heteroatoms. The molecule has 2 aliphatic heterocycles. The van der Waals surface area contributed by atoms with Gasteiger partial charge in [0.15, 0.2) is 5.78 Å². The molecular weight excluding hydrogens is 510 g/mol. The van der Waals surface area contributed by atoms with Crippen LogP contribution < -0.4 is 16.4 Å². The molecule has 2 aliphatic rings. The lowest BCUT2D eigenvalue weighted by Gasteiger charge is -2.41. The maximum absolute atomic E-state index is 14.7. The second-order valence-corrected chi connectivity index (χ2v) is 10.8. The number of benzene rings is 1. The van der Waals surface area contributed by atoms with Crippen molar-refractivity contribution in [2.45, 2.75) is 83.3 Å². The van der Waals surface area contributed by atoms with Gasteiger partial charge >= 0.3 is 11.9 Å². The lowest BCUT2D eigenvalue weighted by atomic mass is 9.69. The normalized spacial score (nSPS) is 23.3. The van der Waals surface area contributed by atoms with Crippen LogP contribution in [0, 0.1) is 11.3 Å². The molecule has 3 unspecified atom stereocenters. The topological polar surface area (TPSA) is 149 Å². The van der Waals surface area contributed by atoms with E-state index in [4.69, 9.17) is 20.6 Å². The Morgan fingerprint density at radius 2 is 1.77 bits per heavy atom. The van der Waals surface area contributed by atoms with Gasteiger partial charge in [-0.2, -0.15) is 0 Å². The molecular formula is C30H43N5O5. The second kappa shape index (κ2) is 12.5. The van der Waals surface area contributed by atoms with Gasteiger partial charge in [-0.05, 0) is 89.9 Å². The van der Waals surface area contributed by atoms with Crippen LogP contribution >= 0.6 is 0 Å². The number of ether oxygens (including phenoxy) is 2. The van der Waals surface area contributed by atoms with Gasteiger partial charge in [-0.25, -0.2) is 0 Å². The third-order valence-electron chi connectivity index (χ3n) is 8.54. The number of rotatable bonds is 13. The molecule has 0 bridgehead atoms. The molecule has 0 amide bonds. The van der Waals surface area contributed by atoms with Crippen molar-refractivity contribution in [3.05, 3.63) is 35.5 Å². The number of nitrogens with two attached hydrogens (primary N) is 1. The number of hydrogen-bond acceptors (Lipinski definition) is 8. The van der Waals surface area contributed by atoms with Crippen LogP contribution in [0.25, 0.3) is 10.9 Å². The Labute approximate surface area is 235 Å². The molecule has 0 radical (unpaired) electrons. The molecule has 10 nitrogen and oxygen atoms in total. The van der Waals surface area contributed by atoms with Gasteiger partial charge in [-0.15, -0.1) is 0 Å². The Kier molecular flexibility index (Phi) is 9.30. The van der Waals surface area contributed by atoms with E-state index in [1.54, 1.807) is 13.8 Å². The molecule has 1 aromatic heterocycles. The van der Waals surface area contributed by atoms with Crippen molar-refractivity contribution in [1.82, 2.24) is 15.2 Å². The minimum absolute atomic E-state index is 0.0281. The Morgan fingerprint density at radius 3 is 2.38 bits per heavy atom. The van der Waals surface area contributed by atoms with E-state index in [9.17, 15) is 14.4 Å². The van der Waals surface area contributed by atoms with Crippen molar-refractivity contribution in [2.75, 3.05) is 26.3 Å². The van der Waals surface area contributed by atoms with Gasteiger partial charge in [-0.3, -0.25) is 19.8 Å². The zero-order chi connectivity index (χ0) is 28.9. The third kappa shape index (κ3) is 5.65. The molecule has 4 rings (SSSR count). The molecule has 1 aromatic carbocycles. The van der Waals surface area contributed by atoms with E-state index in [0.29, 0.717) is 44.3 Å². The summed E-state index contributed by atoms with van der Waals surface area (Å²) in [4.78, 5) is 40.6. The van der Waals surface area contributed by atoms with Gasteiger partial charge in [0, 0.05) is 23.3 Å². The van der Waals surface area contributed by atoms with Crippen molar-refractivity contribution in [3.63, 3.8) is 0 Å². The molecule has 0 aliphatic carbocycles. The average Bonchev–Trinajstić information content (AvgIpc) is 3.69. The Bertz CT molecular complexity index is 1260. The van der Waals surface area contributed by atoms with Crippen LogP contribution in [0.5, 0.6) is 0 Å². The Morgan fingerprint density at radius 1 is 1.05 bits per heavy atom. The first-order chi connectivity index (χ1) is 19.2. The molecule has 2 fully saturated rings. The number of amidine groups is 1. The highest BCUT2D eigenvalue weighted by molar-refractivity contribution is 6.02. The quantitative estimate of drug-likeness (QED) is 0.168. The van der Waals surface area contributed by atoms with E-state index in [1.165, 1.54) is 0 Å². The van der Waals surface area contributed by atoms with Crippen LogP contribution in [-0.2, 0) is 36.8 Å². The molecule has 3 atom stereocenters. The first kappa shape index (κ1) is 29.7. The number of hydrogen-bond donors (Lipinski definition) is 4. The molecule has 3 heterocycles. The summed E-state index contributed by atoms with van der Waals surface area (Å²) in [5.41, 5.74) is 6.48. The van der Waals surface area contributed by atoms with Crippen LogP contribution in [0.2, 0.25) is 0 Å². The SMILES string of the molecule is CCOC(=O)CC(C(=O)OCC)C1(C(=O)C2(CCc3cc4ccc(C(=N)N)cc4n3CC)CCCN2)CCCN1. The fourth-order valence-electron chi connectivity index (χ4n) is 6.66. The third-order valence-corrected chi connectivity index (χ3v) is 8.54. The molecule has 2 aromatic rings. The number of ketones is 1. The summed E-state index contributed by atoms with van der Waals surface area (Å²) in [5, 5.41) is 15.8. The summed E-state index contributed by atoms with van der Waals surface area (Å²) in [6, 6.07) is 7.91. The fourth-order valence-corrected chi connectivity index (χ4v) is 6.66. The van der Waals surface area contributed by atoms with E-state index in [1.807, 2.05) is 18.2 Å². The molecule has 218 valence electrons. The molecule has 0 saturated carbocycles. The summed E-state index contributed by atoms with van der Waals surface area (Å²) in [7, 11) is 0. The lowest BCUT2D eigenvalue weighted by molar-refractivity contribution is -0.160. The van der Waals surface area contributed by atoms with Crippen LogP contribution in [0.15, 0.2) is 24.3 Å². The fraction of sp³-hybridized carbons (Fsp3) is 0.600. The first-order valence-corrected chi connectivity index (χ1v) is 14.5. The van der Waals surface area contributed by atoms with E-state index in [2.05, 4.69) is 28.2 Å². The average molecular weight is 554 g/mol. The smallest absolute Gasteiger partial charge is 0.311 e. The number of nitrogen functional groups attached to an aromatic ring is 1. The largest absolute Gasteiger partial charge is 0.466 e. The highest BCUT2D eigenvalue weighted by Crippen LogP contribution is 2.40. The van der Waals surface area contributed by atoms with Crippen LogP contribution in [0.3, 0.4) is 0 Å². The van der Waals surface area contributed by atoms with Gasteiger partial charge in [0.2, 0.25) is 0 Å². The number of aromatic nitrogens is 1. The van der Waals surface area contributed by atoms with Gasteiger partial charge in [-0.1, -0.05) is 12.1 Å². The van der Waals surface area contributed by atoms with Crippen molar-refractivity contribution in [3.8, 4) is 0 Å². The van der Waals surface area contributed by atoms with E-state index in [-0.39, 0.29) is 31.3 Å². The zero-order valence-corrected chi connectivity index (χ0v) is 23.9. The Balaban J connectivity index is 1.67. The van der Waals surface area contributed by atoms with Crippen molar-refractivity contribution in [2.24, 2.45) is 11.7 Å². The zero-order valence-electron chi connectivity index (χ0n) is 23.9. The lowest BCUT2D eigenvalue weighted by Crippen LogP contribution is -2.66. The molecule has 2 saturated heterocycles. The number of esters is 2. The van der Waals surface area contributed by atoms with E-state index >= 15 is 0 Å². The number of nitrogens with one attached hydrogen (secondary N) is 3. The summed E-state index contributed by atoms with van der Waals surface area (Å²) in [6.07, 6.45) is 3.69. The number of fused-ring (bicyclic) bond motifs is 1. The molecule has 0 spiro atoms. The number of nitrogens with zero attached hydrogens (tertiary/aromatic N) is 1. The molecule has 40 heavy (non-hydrogen) atoms.